The third kappa shape index (κ3) is 6.39. The summed E-state index contributed by atoms with van der Waals surface area (Å²) in [6.07, 6.45) is 0. The smallest absolute Gasteiger partial charge is 0.0361 e. The van der Waals surface area contributed by atoms with Crippen LogP contribution in [-0.4, -0.2) is 0 Å². The first-order valence-corrected chi connectivity index (χ1v) is 23.8. The van der Waals surface area contributed by atoms with Gasteiger partial charge in [0.25, 0.3) is 0 Å². The van der Waals surface area contributed by atoms with E-state index in [2.05, 4.69) is 218 Å². The van der Waals surface area contributed by atoms with Crippen LogP contribution in [0.15, 0.2) is 218 Å². The van der Waals surface area contributed by atoms with Gasteiger partial charge in [-0.1, -0.05) is 146 Å². The Morgan fingerprint density at radius 1 is 0.159 bits per heavy atom. The van der Waals surface area contributed by atoms with Crippen LogP contribution >= 0.6 is 34.0 Å². The quantitative estimate of drug-likeness (QED) is 0.156. The standard InChI is InChI=1S/C60H36S3/c1-3-19-55-49(17-1)51-25-21-47(35-59(51)62-55)43-15-7-11-39(31-43)37-9-5-13-41(29-37)45-23-27-57-53(33-45)54-34-46(24-28-58(54)61-57)42-14-6-10-38(30-42)40-12-8-16-44(32-40)48-22-26-52-50-18-2-4-20-56(50)63-60(52)36-48/h1-36H. The molecular weight excluding hydrogens is 817 g/mol. The van der Waals surface area contributed by atoms with Gasteiger partial charge in [0.15, 0.2) is 0 Å². The third-order valence-electron chi connectivity index (χ3n) is 12.7. The fraction of sp³-hybridized carbons (Fsp3) is 0. The van der Waals surface area contributed by atoms with E-state index < -0.39 is 0 Å². The summed E-state index contributed by atoms with van der Waals surface area (Å²) in [6, 6.07) is 81.2. The number of benzene rings is 10. The SMILES string of the molecule is c1cc(-c2cccc(-c3ccc4sc5ccc(-c6cccc(-c7cccc(-c8ccc9c(c8)sc8ccccc89)c7)c6)cc5c4c3)c2)cc(-c2ccc3c(c2)sc2ccccc23)c1. The fourth-order valence-electron chi connectivity index (χ4n) is 9.46. The lowest BCUT2D eigenvalue weighted by atomic mass is 9.94. The highest BCUT2D eigenvalue weighted by Gasteiger charge is 2.13. The van der Waals surface area contributed by atoms with E-state index in [4.69, 9.17) is 0 Å². The Morgan fingerprint density at radius 2 is 0.429 bits per heavy atom. The summed E-state index contributed by atoms with van der Waals surface area (Å²) in [4.78, 5) is 0. The average molecular weight is 853 g/mol. The minimum atomic E-state index is 1.22. The minimum absolute atomic E-state index is 1.22. The number of hydrogen-bond donors (Lipinski definition) is 0. The molecule has 294 valence electrons. The van der Waals surface area contributed by atoms with Crippen molar-refractivity contribution >= 4 is 94.5 Å². The molecule has 0 aliphatic rings. The zero-order valence-corrected chi connectivity index (χ0v) is 36.5. The maximum atomic E-state index is 2.39. The van der Waals surface area contributed by atoms with Crippen molar-refractivity contribution in [1.29, 1.82) is 0 Å². The molecule has 0 aliphatic heterocycles. The van der Waals surface area contributed by atoms with Crippen LogP contribution in [-0.2, 0) is 0 Å². The van der Waals surface area contributed by atoms with Gasteiger partial charge in [0.2, 0.25) is 0 Å². The molecule has 0 spiro atoms. The van der Waals surface area contributed by atoms with Crippen molar-refractivity contribution in [2.75, 3.05) is 0 Å². The molecular formula is C60H36S3. The van der Waals surface area contributed by atoms with Crippen LogP contribution in [0.25, 0.3) is 127 Å². The lowest BCUT2D eigenvalue weighted by Gasteiger charge is -2.10. The van der Waals surface area contributed by atoms with Gasteiger partial charge in [0.05, 0.1) is 0 Å². The van der Waals surface area contributed by atoms with Gasteiger partial charge in [-0.3, -0.25) is 0 Å². The normalized spacial score (nSPS) is 11.8. The van der Waals surface area contributed by atoms with Gasteiger partial charge in [-0.15, -0.1) is 34.0 Å². The highest BCUT2D eigenvalue weighted by molar-refractivity contribution is 7.26. The van der Waals surface area contributed by atoms with Crippen LogP contribution < -0.4 is 0 Å². The summed E-state index contributed by atoms with van der Waals surface area (Å²) >= 11 is 5.62. The van der Waals surface area contributed by atoms with Crippen LogP contribution in [0, 0.1) is 0 Å². The van der Waals surface area contributed by atoms with E-state index >= 15 is 0 Å². The summed E-state index contributed by atoms with van der Waals surface area (Å²) in [5, 5.41) is 7.95. The van der Waals surface area contributed by atoms with Crippen LogP contribution in [0.4, 0.5) is 0 Å². The Balaban J connectivity index is 0.807. The molecule has 3 heterocycles. The highest BCUT2D eigenvalue weighted by Crippen LogP contribution is 2.42. The largest absolute Gasteiger partial charge is 0.135 e. The Kier molecular flexibility index (Phi) is 8.55. The summed E-state index contributed by atoms with van der Waals surface area (Å²) < 4.78 is 7.96. The van der Waals surface area contributed by atoms with Crippen molar-refractivity contribution in [3.05, 3.63) is 218 Å². The van der Waals surface area contributed by atoms with Gasteiger partial charge in [-0.2, -0.15) is 0 Å². The van der Waals surface area contributed by atoms with E-state index in [-0.39, 0.29) is 0 Å². The van der Waals surface area contributed by atoms with Gasteiger partial charge >= 0.3 is 0 Å². The Labute approximate surface area is 377 Å². The predicted octanol–water partition coefficient (Wildman–Crippen LogP) is 18.8. The summed E-state index contributed by atoms with van der Waals surface area (Å²) in [6.45, 7) is 0. The van der Waals surface area contributed by atoms with Gasteiger partial charge < -0.3 is 0 Å². The van der Waals surface area contributed by atoms with Crippen LogP contribution in [0.2, 0.25) is 0 Å². The molecule has 0 nitrogen and oxygen atoms in total. The number of fused-ring (bicyclic) bond motifs is 9. The van der Waals surface area contributed by atoms with Crippen molar-refractivity contribution < 1.29 is 0 Å². The molecule has 3 heteroatoms. The summed E-state index contributed by atoms with van der Waals surface area (Å²) in [5.74, 6) is 0. The summed E-state index contributed by atoms with van der Waals surface area (Å²) in [7, 11) is 0. The molecule has 0 aliphatic carbocycles. The first-order valence-electron chi connectivity index (χ1n) is 21.4. The van der Waals surface area contributed by atoms with Gasteiger partial charge in [0, 0.05) is 60.5 Å². The molecule has 0 saturated heterocycles. The second-order valence-corrected chi connectivity index (χ2v) is 19.7. The molecule has 0 unspecified atom stereocenters. The maximum Gasteiger partial charge on any atom is 0.0361 e. The molecule has 13 rings (SSSR count). The predicted molar refractivity (Wildman–Crippen MR) is 278 cm³/mol. The lowest BCUT2D eigenvalue weighted by Crippen LogP contribution is -1.84. The molecule has 63 heavy (non-hydrogen) atoms. The van der Waals surface area contributed by atoms with Crippen molar-refractivity contribution in [3.8, 4) is 66.8 Å². The van der Waals surface area contributed by atoms with Crippen molar-refractivity contribution in [1.82, 2.24) is 0 Å². The van der Waals surface area contributed by atoms with E-state index in [1.54, 1.807) is 0 Å². The maximum absolute atomic E-state index is 2.39. The van der Waals surface area contributed by atoms with Gasteiger partial charge in [-0.05, 0) is 140 Å². The van der Waals surface area contributed by atoms with Crippen molar-refractivity contribution in [2.24, 2.45) is 0 Å². The molecule has 0 radical (unpaired) electrons. The molecule has 0 fully saturated rings. The van der Waals surface area contributed by atoms with E-state index in [1.807, 2.05) is 34.0 Å². The van der Waals surface area contributed by atoms with Gasteiger partial charge in [0.1, 0.15) is 0 Å². The van der Waals surface area contributed by atoms with Crippen LogP contribution in [0.3, 0.4) is 0 Å². The van der Waals surface area contributed by atoms with Crippen LogP contribution in [0.5, 0.6) is 0 Å². The topological polar surface area (TPSA) is 0 Å². The lowest BCUT2D eigenvalue weighted by molar-refractivity contribution is 1.59. The van der Waals surface area contributed by atoms with Crippen molar-refractivity contribution in [2.45, 2.75) is 0 Å². The number of rotatable bonds is 6. The van der Waals surface area contributed by atoms with E-state index in [0.29, 0.717) is 0 Å². The second kappa shape index (κ2) is 14.8. The highest BCUT2D eigenvalue weighted by atomic mass is 32.1. The zero-order chi connectivity index (χ0) is 41.4. The molecule has 13 aromatic rings. The summed E-state index contributed by atoms with van der Waals surface area (Å²) in [5.41, 5.74) is 14.8. The Morgan fingerprint density at radius 3 is 0.810 bits per heavy atom. The number of thiophene rings is 3. The zero-order valence-electron chi connectivity index (χ0n) is 34.0. The average Bonchev–Trinajstić information content (AvgIpc) is 4.04. The first-order chi connectivity index (χ1) is 31.1. The van der Waals surface area contributed by atoms with E-state index in [0.717, 1.165) is 0 Å². The minimum Gasteiger partial charge on any atom is -0.135 e. The number of hydrogen-bond acceptors (Lipinski definition) is 3. The molecule has 0 amide bonds. The second-order valence-electron chi connectivity index (χ2n) is 16.5. The molecule has 0 N–H and O–H groups in total. The van der Waals surface area contributed by atoms with E-state index in [1.165, 1.54) is 127 Å². The molecule has 3 aromatic heterocycles. The molecule has 0 atom stereocenters. The molecule has 10 aromatic carbocycles. The Hall–Kier alpha value is -7.14. The van der Waals surface area contributed by atoms with Crippen LogP contribution in [0.1, 0.15) is 0 Å². The first kappa shape index (κ1) is 36.5. The third-order valence-corrected chi connectivity index (χ3v) is 16.1. The fourth-order valence-corrected chi connectivity index (χ4v) is 12.8. The molecule has 0 saturated carbocycles. The van der Waals surface area contributed by atoms with Crippen molar-refractivity contribution in [3.63, 3.8) is 0 Å². The molecule has 0 bridgehead atoms. The van der Waals surface area contributed by atoms with E-state index in [9.17, 15) is 0 Å². The monoisotopic (exact) mass is 852 g/mol. The van der Waals surface area contributed by atoms with Gasteiger partial charge in [-0.25, -0.2) is 0 Å². The Bertz CT molecular complexity index is 3680.